The van der Waals surface area contributed by atoms with Gasteiger partial charge < -0.3 is 25.2 Å². The number of hydrogen-bond donors (Lipinski definition) is 2. The maximum atomic E-state index is 13.1. The van der Waals surface area contributed by atoms with Crippen LogP contribution in [0.25, 0.3) is 0 Å². The Morgan fingerprint density at radius 1 is 1.23 bits per heavy atom. The highest BCUT2D eigenvalue weighted by Crippen LogP contribution is 2.12. The molecule has 1 aromatic carbocycles. The number of halogens is 2. The van der Waals surface area contributed by atoms with Crippen molar-refractivity contribution < 1.29 is 18.7 Å². The molecule has 1 aliphatic rings. The lowest BCUT2D eigenvalue weighted by atomic mass is 10.1. The zero-order valence-electron chi connectivity index (χ0n) is 17.7. The van der Waals surface area contributed by atoms with Crippen molar-refractivity contribution in [2.75, 3.05) is 40.3 Å². The third-order valence-corrected chi connectivity index (χ3v) is 4.60. The Morgan fingerprint density at radius 2 is 1.87 bits per heavy atom. The van der Waals surface area contributed by atoms with E-state index in [0.29, 0.717) is 32.2 Å². The minimum absolute atomic E-state index is 0. The number of likely N-dealkylation sites (tertiary alicyclic amines) is 1. The van der Waals surface area contributed by atoms with Gasteiger partial charge in [0.2, 0.25) is 5.91 Å². The standard InChI is InChI=1S/C20H30FN5O3.HI/c1-4-29-20(28)26-11-9-17(10-12-26)24-19(23-14-18(27)25(2)3)22-13-15-5-7-16(21)8-6-15;/h5-8,17H,4,9-14H2,1-3H3,(H2,22,23,24);1H. The van der Waals surface area contributed by atoms with Crippen molar-refractivity contribution in [3.05, 3.63) is 35.6 Å². The van der Waals surface area contributed by atoms with Crippen molar-refractivity contribution >= 4 is 41.9 Å². The fraction of sp³-hybridized carbons (Fsp3) is 0.550. The number of nitrogens with zero attached hydrogens (tertiary/aromatic N) is 3. The summed E-state index contributed by atoms with van der Waals surface area (Å²) >= 11 is 0. The molecule has 168 valence electrons. The molecule has 0 bridgehead atoms. The SMILES string of the molecule is CCOC(=O)N1CCC(NC(=NCc2ccc(F)cc2)NCC(=O)N(C)C)CC1.I. The second kappa shape index (κ2) is 13.2. The van der Waals surface area contributed by atoms with Gasteiger partial charge in [0.25, 0.3) is 0 Å². The highest BCUT2D eigenvalue weighted by Gasteiger charge is 2.24. The topological polar surface area (TPSA) is 86.3 Å². The molecule has 0 radical (unpaired) electrons. The van der Waals surface area contributed by atoms with Crippen molar-refractivity contribution in [1.29, 1.82) is 0 Å². The summed E-state index contributed by atoms with van der Waals surface area (Å²) in [6.07, 6.45) is 1.21. The smallest absolute Gasteiger partial charge is 0.409 e. The van der Waals surface area contributed by atoms with Gasteiger partial charge >= 0.3 is 6.09 Å². The molecule has 1 aliphatic heterocycles. The number of piperidine rings is 1. The lowest BCUT2D eigenvalue weighted by Gasteiger charge is -2.32. The van der Waals surface area contributed by atoms with Crippen LogP contribution in [0.2, 0.25) is 0 Å². The number of likely N-dealkylation sites (N-methyl/N-ethyl adjacent to an activating group) is 1. The third-order valence-electron chi connectivity index (χ3n) is 4.60. The van der Waals surface area contributed by atoms with Crippen LogP contribution in [0, 0.1) is 5.82 Å². The minimum atomic E-state index is -0.292. The highest BCUT2D eigenvalue weighted by molar-refractivity contribution is 14.0. The predicted octanol–water partition coefficient (Wildman–Crippen LogP) is 2.19. The average Bonchev–Trinajstić information content (AvgIpc) is 2.71. The van der Waals surface area contributed by atoms with Gasteiger partial charge in [-0.15, -0.1) is 24.0 Å². The summed E-state index contributed by atoms with van der Waals surface area (Å²) in [7, 11) is 3.38. The molecule has 1 fully saturated rings. The van der Waals surface area contributed by atoms with Crippen molar-refractivity contribution in [3.8, 4) is 0 Å². The molecule has 2 amide bonds. The number of rotatable bonds is 6. The summed E-state index contributed by atoms with van der Waals surface area (Å²) in [6.45, 7) is 3.81. The fourth-order valence-electron chi connectivity index (χ4n) is 2.84. The largest absolute Gasteiger partial charge is 0.450 e. The van der Waals surface area contributed by atoms with Crippen LogP contribution in [0.5, 0.6) is 0 Å². The molecule has 0 unspecified atom stereocenters. The van der Waals surface area contributed by atoms with E-state index in [1.807, 2.05) is 0 Å². The first kappa shape index (κ1) is 25.9. The molecule has 30 heavy (non-hydrogen) atoms. The Labute approximate surface area is 194 Å². The van der Waals surface area contributed by atoms with Gasteiger partial charge in [0.05, 0.1) is 19.7 Å². The van der Waals surface area contributed by atoms with E-state index in [1.54, 1.807) is 38.1 Å². The van der Waals surface area contributed by atoms with Gasteiger partial charge in [-0.25, -0.2) is 14.2 Å². The van der Waals surface area contributed by atoms with E-state index in [2.05, 4.69) is 15.6 Å². The third kappa shape index (κ3) is 8.72. The first-order valence-corrected chi connectivity index (χ1v) is 9.80. The number of aliphatic imine (C=N–C) groups is 1. The molecule has 0 aliphatic carbocycles. The second-order valence-corrected chi connectivity index (χ2v) is 7.04. The molecular weight excluding hydrogens is 504 g/mol. The summed E-state index contributed by atoms with van der Waals surface area (Å²) in [4.78, 5) is 31.5. The van der Waals surface area contributed by atoms with Gasteiger partial charge in [0.1, 0.15) is 5.82 Å². The van der Waals surface area contributed by atoms with Gasteiger partial charge in [-0.1, -0.05) is 12.1 Å². The molecule has 2 rings (SSSR count). The summed E-state index contributed by atoms with van der Waals surface area (Å²) < 4.78 is 18.1. The van der Waals surface area contributed by atoms with E-state index in [0.717, 1.165) is 18.4 Å². The number of nitrogens with one attached hydrogen (secondary N) is 2. The molecule has 0 spiro atoms. The molecule has 1 aromatic rings. The van der Waals surface area contributed by atoms with Crippen molar-refractivity contribution in [2.24, 2.45) is 4.99 Å². The Morgan fingerprint density at radius 3 is 2.43 bits per heavy atom. The lowest BCUT2D eigenvalue weighted by molar-refractivity contribution is -0.127. The summed E-state index contributed by atoms with van der Waals surface area (Å²) in [5, 5.41) is 6.39. The maximum Gasteiger partial charge on any atom is 0.409 e. The van der Waals surface area contributed by atoms with Crippen molar-refractivity contribution in [3.63, 3.8) is 0 Å². The summed E-state index contributed by atoms with van der Waals surface area (Å²) in [5.41, 5.74) is 0.864. The Balaban J connectivity index is 0.00000450. The number of guanidine groups is 1. The van der Waals surface area contributed by atoms with Crippen LogP contribution in [0.1, 0.15) is 25.3 Å². The van der Waals surface area contributed by atoms with Gasteiger partial charge in [-0.3, -0.25) is 4.79 Å². The van der Waals surface area contributed by atoms with E-state index in [1.165, 1.54) is 17.0 Å². The lowest BCUT2D eigenvalue weighted by Crippen LogP contribution is -2.51. The van der Waals surface area contributed by atoms with Crippen LogP contribution >= 0.6 is 24.0 Å². The first-order valence-electron chi connectivity index (χ1n) is 9.80. The maximum absolute atomic E-state index is 13.1. The van der Waals surface area contributed by atoms with Gasteiger partial charge in [0, 0.05) is 33.2 Å². The molecule has 10 heteroatoms. The normalized spacial score (nSPS) is 14.5. The predicted molar refractivity (Wildman–Crippen MR) is 124 cm³/mol. The molecule has 2 N–H and O–H groups in total. The number of carbonyl (C=O) groups excluding carboxylic acids is 2. The van der Waals surface area contributed by atoms with E-state index >= 15 is 0 Å². The molecule has 0 saturated carbocycles. The number of carbonyl (C=O) groups is 2. The minimum Gasteiger partial charge on any atom is -0.450 e. The van der Waals surface area contributed by atoms with Crippen LogP contribution < -0.4 is 10.6 Å². The number of benzene rings is 1. The average molecular weight is 535 g/mol. The second-order valence-electron chi connectivity index (χ2n) is 7.04. The van der Waals surface area contributed by atoms with E-state index < -0.39 is 0 Å². The van der Waals surface area contributed by atoms with E-state index in [9.17, 15) is 14.0 Å². The van der Waals surface area contributed by atoms with Gasteiger partial charge in [0.15, 0.2) is 5.96 Å². The number of hydrogen-bond acceptors (Lipinski definition) is 4. The molecular formula is C20H31FIN5O3. The number of amides is 2. The van der Waals surface area contributed by atoms with E-state index in [4.69, 9.17) is 4.74 Å². The van der Waals surface area contributed by atoms with Crippen LogP contribution in [0.4, 0.5) is 9.18 Å². The zero-order chi connectivity index (χ0) is 21.2. The van der Waals surface area contributed by atoms with Crippen molar-refractivity contribution in [1.82, 2.24) is 20.4 Å². The van der Waals surface area contributed by atoms with Crippen molar-refractivity contribution in [2.45, 2.75) is 32.4 Å². The highest BCUT2D eigenvalue weighted by atomic mass is 127. The molecule has 8 nitrogen and oxygen atoms in total. The Hall–Kier alpha value is -2.11. The van der Waals surface area contributed by atoms with Crippen LogP contribution in [-0.2, 0) is 16.1 Å². The van der Waals surface area contributed by atoms with Crippen LogP contribution in [0.15, 0.2) is 29.3 Å². The van der Waals surface area contributed by atoms with Gasteiger partial charge in [-0.2, -0.15) is 0 Å². The molecule has 0 aromatic heterocycles. The fourth-order valence-corrected chi connectivity index (χ4v) is 2.84. The molecule has 0 atom stereocenters. The van der Waals surface area contributed by atoms with E-state index in [-0.39, 0.29) is 54.4 Å². The Bertz CT molecular complexity index is 707. The molecule has 1 heterocycles. The van der Waals surface area contributed by atoms with Crippen LogP contribution in [0.3, 0.4) is 0 Å². The zero-order valence-corrected chi connectivity index (χ0v) is 20.0. The summed E-state index contributed by atoms with van der Waals surface area (Å²) in [6, 6.07) is 6.27. The first-order chi connectivity index (χ1) is 13.9. The monoisotopic (exact) mass is 535 g/mol. The number of ether oxygens (including phenoxy) is 1. The molecule has 1 saturated heterocycles. The quantitative estimate of drug-likeness (QED) is 0.332. The summed E-state index contributed by atoms with van der Waals surface area (Å²) in [5.74, 6) is 0.150. The van der Waals surface area contributed by atoms with Gasteiger partial charge in [-0.05, 0) is 37.5 Å². The van der Waals surface area contributed by atoms with Crippen LogP contribution in [-0.4, -0.2) is 74.1 Å². The Kier molecular flexibility index (Phi) is 11.4.